The van der Waals surface area contributed by atoms with E-state index in [0.29, 0.717) is 18.7 Å². The van der Waals surface area contributed by atoms with Crippen molar-refractivity contribution in [2.45, 2.75) is 12.8 Å². The molecule has 1 heterocycles. The van der Waals surface area contributed by atoms with Crippen LogP contribution in [0.3, 0.4) is 0 Å². The summed E-state index contributed by atoms with van der Waals surface area (Å²) >= 11 is 1.68. The van der Waals surface area contributed by atoms with Crippen molar-refractivity contribution in [1.82, 2.24) is 5.32 Å². The van der Waals surface area contributed by atoms with Crippen molar-refractivity contribution < 1.29 is 9.59 Å². The predicted octanol–water partition coefficient (Wildman–Crippen LogP) is 4.32. The molecule has 0 unspecified atom stereocenters. The van der Waals surface area contributed by atoms with Crippen LogP contribution in [-0.4, -0.2) is 25.5 Å². The van der Waals surface area contributed by atoms with Crippen molar-refractivity contribution in [2.24, 2.45) is 0 Å². The Hall–Kier alpha value is -3.12. The molecule has 144 valence electrons. The van der Waals surface area contributed by atoms with Crippen LogP contribution in [0.4, 0.5) is 16.2 Å². The van der Waals surface area contributed by atoms with E-state index in [1.165, 1.54) is 4.88 Å². The van der Waals surface area contributed by atoms with Gasteiger partial charge in [0.2, 0.25) is 5.91 Å². The van der Waals surface area contributed by atoms with Gasteiger partial charge in [0, 0.05) is 29.8 Å². The summed E-state index contributed by atoms with van der Waals surface area (Å²) in [4.78, 5) is 27.3. The minimum Gasteiger partial charge on any atom is -0.338 e. The third-order valence-electron chi connectivity index (χ3n) is 4.32. The molecule has 5 nitrogen and oxygen atoms in total. The van der Waals surface area contributed by atoms with Gasteiger partial charge in [-0.05, 0) is 47.7 Å². The number of hydrogen-bond acceptors (Lipinski definition) is 3. The number of rotatable bonds is 7. The number of likely N-dealkylation sites (N-methyl/N-ethyl adjacent to an activating group) is 1. The van der Waals surface area contributed by atoms with Gasteiger partial charge in [-0.15, -0.1) is 11.3 Å². The smallest absolute Gasteiger partial charge is 0.319 e. The Kier molecular flexibility index (Phi) is 6.81. The summed E-state index contributed by atoms with van der Waals surface area (Å²) in [6.45, 7) is 0.588. The fourth-order valence-corrected chi connectivity index (χ4v) is 3.43. The number of urea groups is 1. The molecule has 6 heteroatoms. The lowest BCUT2D eigenvalue weighted by molar-refractivity contribution is -0.117. The van der Waals surface area contributed by atoms with Crippen molar-refractivity contribution >= 4 is 34.6 Å². The molecule has 3 rings (SSSR count). The zero-order valence-corrected chi connectivity index (χ0v) is 16.5. The molecular formula is C22H23N3O2S. The van der Waals surface area contributed by atoms with Crippen LogP contribution in [0.15, 0.2) is 72.1 Å². The van der Waals surface area contributed by atoms with Crippen LogP contribution in [0.2, 0.25) is 0 Å². The molecule has 0 aliphatic carbocycles. The molecule has 0 atom stereocenters. The Labute approximate surface area is 169 Å². The number of para-hydroxylation sites is 1. The highest BCUT2D eigenvalue weighted by Gasteiger charge is 2.11. The number of nitrogens with zero attached hydrogens (tertiary/aromatic N) is 1. The van der Waals surface area contributed by atoms with Gasteiger partial charge in [0.15, 0.2) is 0 Å². The quantitative estimate of drug-likeness (QED) is 0.628. The minimum absolute atomic E-state index is 0.0122. The molecule has 28 heavy (non-hydrogen) atoms. The van der Waals surface area contributed by atoms with Gasteiger partial charge < -0.3 is 15.5 Å². The molecule has 3 aromatic rings. The second-order valence-electron chi connectivity index (χ2n) is 6.37. The summed E-state index contributed by atoms with van der Waals surface area (Å²) in [6, 6.07) is 20.7. The molecule has 0 radical (unpaired) electrons. The van der Waals surface area contributed by atoms with E-state index in [2.05, 4.69) is 16.7 Å². The Morgan fingerprint density at radius 2 is 1.71 bits per heavy atom. The maximum Gasteiger partial charge on any atom is 0.319 e. The van der Waals surface area contributed by atoms with Gasteiger partial charge in [-0.3, -0.25) is 4.79 Å². The van der Waals surface area contributed by atoms with Crippen molar-refractivity contribution in [1.29, 1.82) is 0 Å². The van der Waals surface area contributed by atoms with Crippen LogP contribution < -0.4 is 15.5 Å². The van der Waals surface area contributed by atoms with Gasteiger partial charge in [0.05, 0.1) is 6.42 Å². The maximum absolute atomic E-state index is 12.4. The lowest BCUT2D eigenvalue weighted by Crippen LogP contribution is -2.30. The predicted molar refractivity (Wildman–Crippen MR) is 115 cm³/mol. The summed E-state index contributed by atoms with van der Waals surface area (Å²) in [5, 5.41) is 7.68. The molecule has 0 aliphatic rings. The summed E-state index contributed by atoms with van der Waals surface area (Å²) in [5.41, 5.74) is 2.46. The SMILES string of the molecule is CN(C(=O)Cc1ccc(NC(=O)NCCc2cccs2)cc1)c1ccccc1. The molecule has 0 saturated carbocycles. The third kappa shape index (κ3) is 5.69. The first-order valence-electron chi connectivity index (χ1n) is 9.09. The van der Waals surface area contributed by atoms with E-state index in [9.17, 15) is 9.59 Å². The van der Waals surface area contributed by atoms with Gasteiger partial charge in [-0.25, -0.2) is 4.79 Å². The van der Waals surface area contributed by atoms with Gasteiger partial charge in [0.1, 0.15) is 0 Å². The zero-order chi connectivity index (χ0) is 19.8. The van der Waals surface area contributed by atoms with E-state index < -0.39 is 0 Å². The minimum atomic E-state index is -0.232. The Bertz CT molecular complexity index is 893. The fraction of sp³-hybridized carbons (Fsp3) is 0.182. The maximum atomic E-state index is 12.4. The van der Waals surface area contributed by atoms with Gasteiger partial charge >= 0.3 is 6.03 Å². The summed E-state index contributed by atoms with van der Waals surface area (Å²) in [6.07, 6.45) is 1.12. The fourth-order valence-electron chi connectivity index (χ4n) is 2.72. The number of nitrogens with one attached hydrogen (secondary N) is 2. The molecule has 0 fully saturated rings. The Morgan fingerprint density at radius 1 is 0.964 bits per heavy atom. The number of thiophene rings is 1. The Morgan fingerprint density at radius 3 is 2.39 bits per heavy atom. The standard InChI is InChI=1S/C22H23N3O2S/c1-25(19-6-3-2-4-7-19)21(26)16-17-9-11-18(12-10-17)24-22(27)23-14-13-20-8-5-15-28-20/h2-12,15H,13-14,16H2,1H3,(H2,23,24,27). The van der Waals surface area contributed by atoms with E-state index in [1.54, 1.807) is 23.3 Å². The number of benzene rings is 2. The molecule has 0 aliphatic heterocycles. The van der Waals surface area contributed by atoms with E-state index in [4.69, 9.17) is 0 Å². The molecule has 2 aromatic carbocycles. The van der Waals surface area contributed by atoms with Gasteiger partial charge in [0.25, 0.3) is 0 Å². The lowest BCUT2D eigenvalue weighted by Gasteiger charge is -2.17. The highest BCUT2D eigenvalue weighted by Crippen LogP contribution is 2.15. The lowest BCUT2D eigenvalue weighted by atomic mass is 10.1. The largest absolute Gasteiger partial charge is 0.338 e. The van der Waals surface area contributed by atoms with Crippen LogP contribution in [-0.2, 0) is 17.6 Å². The first-order chi connectivity index (χ1) is 13.6. The summed E-state index contributed by atoms with van der Waals surface area (Å²) < 4.78 is 0. The molecule has 3 amide bonds. The molecule has 1 aromatic heterocycles. The third-order valence-corrected chi connectivity index (χ3v) is 5.26. The normalized spacial score (nSPS) is 10.3. The van der Waals surface area contributed by atoms with Crippen molar-refractivity contribution in [3.63, 3.8) is 0 Å². The molecule has 2 N–H and O–H groups in total. The summed E-state index contributed by atoms with van der Waals surface area (Å²) in [5.74, 6) is 0.0122. The first kappa shape index (κ1) is 19.6. The van der Waals surface area contributed by atoms with Crippen LogP contribution in [0.5, 0.6) is 0 Å². The average molecular weight is 394 g/mol. The number of carbonyl (C=O) groups is 2. The molecule has 0 saturated heterocycles. The van der Waals surface area contributed by atoms with Crippen molar-refractivity contribution in [3.05, 3.63) is 82.6 Å². The van der Waals surface area contributed by atoms with Crippen LogP contribution in [0.25, 0.3) is 0 Å². The number of anilines is 2. The highest BCUT2D eigenvalue weighted by atomic mass is 32.1. The highest BCUT2D eigenvalue weighted by molar-refractivity contribution is 7.09. The van der Waals surface area contributed by atoms with Gasteiger partial charge in [-0.2, -0.15) is 0 Å². The summed E-state index contributed by atoms with van der Waals surface area (Å²) in [7, 11) is 1.77. The monoisotopic (exact) mass is 393 g/mol. The Balaban J connectivity index is 1.46. The number of amides is 3. The molecule has 0 bridgehead atoms. The van der Waals surface area contributed by atoms with Crippen molar-refractivity contribution in [2.75, 3.05) is 23.8 Å². The van der Waals surface area contributed by atoms with Crippen LogP contribution in [0.1, 0.15) is 10.4 Å². The van der Waals surface area contributed by atoms with Crippen molar-refractivity contribution in [3.8, 4) is 0 Å². The van der Waals surface area contributed by atoms with E-state index in [-0.39, 0.29) is 11.9 Å². The molecule has 0 spiro atoms. The van der Waals surface area contributed by atoms with Gasteiger partial charge in [-0.1, -0.05) is 36.4 Å². The van der Waals surface area contributed by atoms with E-state index in [1.807, 2.05) is 66.0 Å². The van der Waals surface area contributed by atoms with E-state index in [0.717, 1.165) is 17.7 Å². The second kappa shape index (κ2) is 9.71. The number of carbonyl (C=O) groups excluding carboxylic acids is 2. The van der Waals surface area contributed by atoms with E-state index >= 15 is 0 Å². The zero-order valence-electron chi connectivity index (χ0n) is 15.7. The average Bonchev–Trinajstić information content (AvgIpc) is 3.23. The van der Waals surface area contributed by atoms with Crippen LogP contribution in [0, 0.1) is 0 Å². The second-order valence-corrected chi connectivity index (χ2v) is 7.40. The first-order valence-corrected chi connectivity index (χ1v) is 9.97. The molecular weight excluding hydrogens is 370 g/mol. The topological polar surface area (TPSA) is 61.4 Å². The van der Waals surface area contributed by atoms with Crippen LogP contribution >= 0.6 is 11.3 Å². The number of hydrogen-bond donors (Lipinski definition) is 2.